The fourth-order valence-corrected chi connectivity index (χ4v) is 3.92. The van der Waals surface area contributed by atoms with E-state index in [0.29, 0.717) is 28.1 Å². The summed E-state index contributed by atoms with van der Waals surface area (Å²) in [5, 5.41) is 21.4. The van der Waals surface area contributed by atoms with E-state index in [1.807, 2.05) is 24.5 Å². The first-order valence-corrected chi connectivity index (χ1v) is 11.1. The molecule has 0 unspecified atom stereocenters. The predicted molar refractivity (Wildman–Crippen MR) is 124 cm³/mol. The molecule has 0 radical (unpaired) electrons. The number of hydrogen-bond donors (Lipinski definition) is 2. The third-order valence-electron chi connectivity index (χ3n) is 6.03. The Morgan fingerprint density at radius 3 is 2.76 bits per heavy atom. The second kappa shape index (κ2) is 8.45. The molecule has 1 saturated carbocycles. The molecule has 1 fully saturated rings. The summed E-state index contributed by atoms with van der Waals surface area (Å²) >= 11 is 0. The monoisotopic (exact) mass is 459 g/mol. The van der Waals surface area contributed by atoms with Gasteiger partial charge in [-0.25, -0.2) is 4.68 Å². The van der Waals surface area contributed by atoms with Gasteiger partial charge in [0.2, 0.25) is 5.91 Å². The number of ketones is 1. The first-order chi connectivity index (χ1) is 16.4. The molecule has 10 nitrogen and oxygen atoms in total. The van der Waals surface area contributed by atoms with Gasteiger partial charge in [-0.3, -0.25) is 19.6 Å². The summed E-state index contributed by atoms with van der Waals surface area (Å²) in [7, 11) is 0. The zero-order valence-corrected chi connectivity index (χ0v) is 19.0. The number of pyridine rings is 2. The van der Waals surface area contributed by atoms with Crippen LogP contribution in [0.4, 0.5) is 5.69 Å². The molecule has 4 aromatic heterocycles. The lowest BCUT2D eigenvalue weighted by Gasteiger charge is -2.25. The van der Waals surface area contributed by atoms with Crippen molar-refractivity contribution in [1.82, 2.24) is 29.5 Å². The van der Waals surface area contributed by atoms with E-state index < -0.39 is 5.54 Å². The quantitative estimate of drug-likeness (QED) is 0.388. The highest BCUT2D eigenvalue weighted by molar-refractivity contribution is 6.16. The lowest BCUT2D eigenvalue weighted by atomic mass is 10.0. The van der Waals surface area contributed by atoms with Crippen molar-refractivity contribution in [3.63, 3.8) is 0 Å². The average molecular weight is 460 g/mol. The van der Waals surface area contributed by atoms with Crippen molar-refractivity contribution < 1.29 is 14.7 Å². The summed E-state index contributed by atoms with van der Waals surface area (Å²) in [4.78, 5) is 34.2. The van der Waals surface area contributed by atoms with Gasteiger partial charge >= 0.3 is 0 Å². The van der Waals surface area contributed by atoms with Crippen LogP contribution in [0.15, 0.2) is 49.3 Å². The number of aliphatic hydroxyl groups excluding tert-OH is 1. The third kappa shape index (κ3) is 4.19. The molecule has 1 amide bonds. The summed E-state index contributed by atoms with van der Waals surface area (Å²) in [6.45, 7) is 3.71. The molecule has 0 aliphatic heterocycles. The molecule has 0 bridgehead atoms. The number of nitrogens with one attached hydrogen (secondary N) is 1. The molecular formula is C24H25N7O3. The van der Waals surface area contributed by atoms with E-state index in [-0.39, 0.29) is 24.8 Å². The topological polar surface area (TPSA) is 128 Å². The van der Waals surface area contributed by atoms with Gasteiger partial charge in [0.05, 0.1) is 35.2 Å². The Hall–Kier alpha value is -3.92. The minimum absolute atomic E-state index is 0.0211. The van der Waals surface area contributed by atoms with Gasteiger partial charge in [0, 0.05) is 53.4 Å². The average Bonchev–Trinajstić information content (AvgIpc) is 3.45. The number of anilines is 1. The maximum absolute atomic E-state index is 13.4. The van der Waals surface area contributed by atoms with Crippen LogP contribution in [0.2, 0.25) is 0 Å². The molecule has 10 heteroatoms. The minimum atomic E-state index is -0.604. The summed E-state index contributed by atoms with van der Waals surface area (Å²) in [6, 6.07) is 3.41. The largest absolute Gasteiger partial charge is 0.394 e. The molecule has 174 valence electrons. The number of hydrogen-bond acceptors (Lipinski definition) is 7. The zero-order valence-electron chi connectivity index (χ0n) is 19.0. The van der Waals surface area contributed by atoms with Gasteiger partial charge in [0.15, 0.2) is 5.78 Å². The Balaban J connectivity index is 1.37. The van der Waals surface area contributed by atoms with Crippen LogP contribution in [0.25, 0.3) is 10.9 Å². The number of amides is 1. The number of aliphatic hydroxyl groups is 1. The predicted octanol–water partition coefficient (Wildman–Crippen LogP) is 2.50. The molecule has 1 aliphatic rings. The normalized spacial score (nSPS) is 13.9. The van der Waals surface area contributed by atoms with E-state index in [9.17, 15) is 14.7 Å². The highest BCUT2D eigenvalue weighted by Crippen LogP contribution is 2.38. The van der Waals surface area contributed by atoms with Crippen LogP contribution in [-0.2, 0) is 16.9 Å². The molecule has 0 spiro atoms. The highest BCUT2D eigenvalue weighted by atomic mass is 16.3. The van der Waals surface area contributed by atoms with Gasteiger partial charge < -0.3 is 15.0 Å². The van der Waals surface area contributed by atoms with Crippen LogP contribution in [0.1, 0.15) is 54.2 Å². The van der Waals surface area contributed by atoms with Crippen LogP contribution < -0.4 is 5.32 Å². The van der Waals surface area contributed by atoms with Crippen molar-refractivity contribution in [2.45, 2.75) is 44.7 Å². The molecule has 1 aliphatic carbocycles. The first-order valence-electron chi connectivity index (χ1n) is 11.1. The van der Waals surface area contributed by atoms with Crippen LogP contribution in [-0.4, -0.2) is 52.9 Å². The maximum Gasteiger partial charge on any atom is 0.246 e. The van der Waals surface area contributed by atoms with E-state index >= 15 is 0 Å². The summed E-state index contributed by atoms with van der Waals surface area (Å²) < 4.78 is 3.39. The fourth-order valence-electron chi connectivity index (χ4n) is 3.92. The molecule has 4 heterocycles. The lowest BCUT2D eigenvalue weighted by molar-refractivity contribution is -0.116. The second-order valence-electron chi connectivity index (χ2n) is 9.23. The van der Waals surface area contributed by atoms with Crippen LogP contribution in [0.3, 0.4) is 0 Å². The number of fused-ring (bicyclic) bond motifs is 1. The van der Waals surface area contributed by atoms with Crippen LogP contribution in [0, 0.1) is 0 Å². The molecular weight excluding hydrogens is 434 g/mol. The number of nitrogens with zero attached hydrogens (tertiary/aromatic N) is 6. The van der Waals surface area contributed by atoms with E-state index in [1.165, 1.54) is 17.1 Å². The third-order valence-corrected chi connectivity index (χ3v) is 6.03. The minimum Gasteiger partial charge on any atom is -0.394 e. The molecule has 2 N–H and O–H groups in total. The van der Waals surface area contributed by atoms with E-state index in [0.717, 1.165) is 24.1 Å². The molecule has 0 aromatic carbocycles. The van der Waals surface area contributed by atoms with Gasteiger partial charge in [-0.1, -0.05) is 5.21 Å². The molecule has 5 rings (SSSR count). The SMILES string of the molecule is CC(C)(CO)n1cc(C(=O)c2cncc(NC(=O)Cn3cc(C4CC4)nn3)c2)c2cnccc21. The maximum atomic E-state index is 13.4. The Kier molecular flexibility index (Phi) is 5.45. The van der Waals surface area contributed by atoms with Gasteiger partial charge in [-0.05, 0) is 38.8 Å². The van der Waals surface area contributed by atoms with Crippen LogP contribution in [0.5, 0.6) is 0 Å². The molecule has 4 aromatic rings. The van der Waals surface area contributed by atoms with Crippen molar-refractivity contribution in [3.8, 4) is 0 Å². The Labute approximate surface area is 195 Å². The smallest absolute Gasteiger partial charge is 0.246 e. The summed E-state index contributed by atoms with van der Waals surface area (Å²) in [5.41, 5.74) is 2.31. The van der Waals surface area contributed by atoms with Gasteiger partial charge in [0.25, 0.3) is 0 Å². The number of carbonyl (C=O) groups excluding carboxylic acids is 2. The Morgan fingerprint density at radius 2 is 2.00 bits per heavy atom. The summed E-state index contributed by atoms with van der Waals surface area (Å²) in [5.74, 6) is -0.0728. The van der Waals surface area contributed by atoms with Crippen molar-refractivity contribution in [3.05, 3.63) is 66.1 Å². The van der Waals surface area contributed by atoms with Crippen molar-refractivity contribution >= 4 is 28.3 Å². The fraction of sp³-hybridized carbons (Fsp3) is 0.333. The van der Waals surface area contributed by atoms with Gasteiger partial charge in [0.1, 0.15) is 6.54 Å². The number of aromatic nitrogens is 6. The second-order valence-corrected chi connectivity index (χ2v) is 9.23. The van der Waals surface area contributed by atoms with E-state index in [1.54, 1.807) is 30.9 Å². The zero-order chi connectivity index (χ0) is 23.9. The Bertz CT molecular complexity index is 1380. The molecule has 0 atom stereocenters. The number of rotatable bonds is 8. The highest BCUT2D eigenvalue weighted by Gasteiger charge is 2.27. The number of carbonyl (C=O) groups is 2. The first kappa shape index (κ1) is 21.9. The van der Waals surface area contributed by atoms with Gasteiger partial charge in [-0.2, -0.15) is 0 Å². The van der Waals surface area contributed by atoms with Gasteiger partial charge in [-0.15, -0.1) is 5.10 Å². The van der Waals surface area contributed by atoms with Crippen molar-refractivity contribution in [2.75, 3.05) is 11.9 Å². The molecule has 0 saturated heterocycles. The van der Waals surface area contributed by atoms with Crippen LogP contribution >= 0.6 is 0 Å². The van der Waals surface area contributed by atoms with E-state index in [4.69, 9.17) is 0 Å². The van der Waals surface area contributed by atoms with Crippen molar-refractivity contribution in [2.24, 2.45) is 0 Å². The summed E-state index contributed by atoms with van der Waals surface area (Å²) in [6.07, 6.45) is 12.0. The molecule has 34 heavy (non-hydrogen) atoms. The lowest BCUT2D eigenvalue weighted by Crippen LogP contribution is -2.29. The standard InChI is InChI=1S/C24H25N7O3/c1-24(2,14-32)31-11-19(18-10-25-6-5-21(18)31)23(34)16-7-17(9-26-8-16)27-22(33)13-30-12-20(28-29-30)15-3-4-15/h5-12,15,32H,3-4,13-14H2,1-2H3,(H,27,33). The Morgan fingerprint density at radius 1 is 1.18 bits per heavy atom. The van der Waals surface area contributed by atoms with Crippen molar-refractivity contribution in [1.29, 1.82) is 0 Å². The van der Waals surface area contributed by atoms with E-state index in [2.05, 4.69) is 25.6 Å².